The Bertz CT molecular complexity index is 847. The lowest BCUT2D eigenvalue weighted by atomic mass is 10.0. The summed E-state index contributed by atoms with van der Waals surface area (Å²) in [6.45, 7) is 1.12. The summed E-state index contributed by atoms with van der Waals surface area (Å²) in [7, 11) is 0. The van der Waals surface area contributed by atoms with Gasteiger partial charge in [-0.15, -0.1) is 0 Å². The zero-order valence-corrected chi connectivity index (χ0v) is 16.3. The second kappa shape index (κ2) is 8.95. The summed E-state index contributed by atoms with van der Waals surface area (Å²) in [5.41, 5.74) is 0.998. The van der Waals surface area contributed by atoms with E-state index in [1.807, 2.05) is 18.2 Å². The lowest BCUT2D eigenvalue weighted by molar-refractivity contribution is -0.126. The number of halogens is 2. The molecule has 2 aromatic carbocycles. The highest BCUT2D eigenvalue weighted by Crippen LogP contribution is 2.17. The lowest BCUT2D eigenvalue weighted by Crippen LogP contribution is -2.46. The molecule has 27 heavy (non-hydrogen) atoms. The fraction of sp³-hybridized carbons (Fsp3) is 0.238. The molecule has 0 saturated carbocycles. The molecule has 0 spiro atoms. The van der Waals surface area contributed by atoms with Gasteiger partial charge in [0.25, 0.3) is 5.91 Å². The molecule has 3 rings (SSSR count). The van der Waals surface area contributed by atoms with E-state index in [-0.39, 0.29) is 23.7 Å². The van der Waals surface area contributed by atoms with Gasteiger partial charge in [-0.2, -0.15) is 0 Å². The number of nitrogens with one attached hydrogen (secondary N) is 1. The quantitative estimate of drug-likeness (QED) is 0.744. The molecule has 0 unspecified atom stereocenters. The van der Waals surface area contributed by atoms with Crippen molar-refractivity contribution in [3.63, 3.8) is 0 Å². The molecule has 140 valence electrons. The summed E-state index contributed by atoms with van der Waals surface area (Å²) >= 11 is 3.29. The monoisotopic (exact) mass is 430 g/mol. The highest BCUT2D eigenvalue weighted by Gasteiger charge is 2.23. The Morgan fingerprint density at radius 1 is 1.11 bits per heavy atom. The van der Waals surface area contributed by atoms with Gasteiger partial charge in [-0.3, -0.25) is 9.59 Å². The van der Waals surface area contributed by atoms with Gasteiger partial charge in [0.2, 0.25) is 5.91 Å². The molecule has 0 radical (unpaired) electrons. The first-order valence-corrected chi connectivity index (χ1v) is 9.60. The van der Waals surface area contributed by atoms with E-state index in [0.29, 0.717) is 37.1 Å². The predicted molar refractivity (Wildman–Crippen MR) is 107 cm³/mol. The first kappa shape index (κ1) is 19.3. The zero-order valence-electron chi connectivity index (χ0n) is 14.7. The molecule has 1 N–H and O–H groups in total. The highest BCUT2D eigenvalue weighted by atomic mass is 79.9. The number of likely N-dealkylation sites (tertiary alicyclic amines) is 1. The van der Waals surface area contributed by atoms with Crippen molar-refractivity contribution < 1.29 is 14.0 Å². The fourth-order valence-electron chi connectivity index (χ4n) is 3.01. The van der Waals surface area contributed by atoms with Crippen LogP contribution in [0.25, 0.3) is 6.08 Å². The van der Waals surface area contributed by atoms with E-state index in [1.54, 1.807) is 29.2 Å². The van der Waals surface area contributed by atoms with Crippen molar-refractivity contribution >= 4 is 33.8 Å². The standard InChI is InChI=1S/C21H20BrFN2O2/c22-17-7-8-19(23)16(14-17)6-9-20(26)25-12-10-18(11-13-25)24-21(27)15-4-2-1-3-5-15/h1-9,14,18H,10-13H2,(H,24,27). The number of hydrogen-bond donors (Lipinski definition) is 1. The Labute approximate surface area is 166 Å². The number of nitrogens with zero attached hydrogens (tertiary/aromatic N) is 1. The molecular formula is C21H20BrFN2O2. The Morgan fingerprint density at radius 3 is 2.52 bits per heavy atom. The van der Waals surface area contributed by atoms with Crippen LogP contribution < -0.4 is 5.32 Å². The second-order valence-electron chi connectivity index (χ2n) is 6.44. The molecule has 1 fully saturated rings. The van der Waals surface area contributed by atoms with Gasteiger partial charge in [0.05, 0.1) is 0 Å². The Kier molecular flexibility index (Phi) is 6.40. The molecule has 1 aliphatic rings. The van der Waals surface area contributed by atoms with E-state index in [2.05, 4.69) is 21.2 Å². The van der Waals surface area contributed by atoms with Crippen LogP contribution in [-0.2, 0) is 4.79 Å². The van der Waals surface area contributed by atoms with Gasteiger partial charge in [0.1, 0.15) is 5.82 Å². The average Bonchev–Trinajstić information content (AvgIpc) is 2.69. The van der Waals surface area contributed by atoms with E-state index >= 15 is 0 Å². The molecule has 2 aromatic rings. The molecule has 4 nitrogen and oxygen atoms in total. The van der Waals surface area contributed by atoms with Crippen LogP contribution >= 0.6 is 15.9 Å². The van der Waals surface area contributed by atoms with Gasteiger partial charge in [0, 0.05) is 40.8 Å². The predicted octanol–water partition coefficient (Wildman–Crippen LogP) is 4.02. The van der Waals surface area contributed by atoms with E-state index < -0.39 is 0 Å². The highest BCUT2D eigenvalue weighted by molar-refractivity contribution is 9.10. The normalized spacial score (nSPS) is 15.1. The van der Waals surface area contributed by atoms with Gasteiger partial charge in [-0.05, 0) is 49.2 Å². The maximum absolute atomic E-state index is 13.7. The van der Waals surface area contributed by atoms with Crippen LogP contribution in [0.3, 0.4) is 0 Å². The van der Waals surface area contributed by atoms with E-state index in [4.69, 9.17) is 0 Å². The first-order valence-electron chi connectivity index (χ1n) is 8.81. The third-order valence-corrected chi connectivity index (χ3v) is 5.03. The molecule has 0 aromatic heterocycles. The number of piperidine rings is 1. The largest absolute Gasteiger partial charge is 0.349 e. The molecule has 1 saturated heterocycles. The lowest BCUT2D eigenvalue weighted by Gasteiger charge is -2.31. The summed E-state index contributed by atoms with van der Waals surface area (Å²) < 4.78 is 14.5. The molecular weight excluding hydrogens is 411 g/mol. The van der Waals surface area contributed by atoms with Crippen LogP contribution in [-0.4, -0.2) is 35.8 Å². The molecule has 0 aliphatic carbocycles. The molecule has 2 amide bonds. The Hall–Kier alpha value is -2.47. The molecule has 6 heteroatoms. The van der Waals surface area contributed by atoms with Gasteiger partial charge >= 0.3 is 0 Å². The summed E-state index contributed by atoms with van der Waals surface area (Å²) in [5.74, 6) is -0.614. The minimum absolute atomic E-state index is 0.0493. The number of benzene rings is 2. The Morgan fingerprint density at radius 2 is 1.81 bits per heavy atom. The summed E-state index contributed by atoms with van der Waals surface area (Å²) in [5, 5.41) is 3.02. The summed E-state index contributed by atoms with van der Waals surface area (Å²) in [6, 6.07) is 13.7. The number of carbonyl (C=O) groups is 2. The van der Waals surface area contributed by atoms with Gasteiger partial charge < -0.3 is 10.2 Å². The van der Waals surface area contributed by atoms with Crippen molar-refractivity contribution in [2.24, 2.45) is 0 Å². The van der Waals surface area contributed by atoms with Crippen molar-refractivity contribution in [3.8, 4) is 0 Å². The summed E-state index contributed by atoms with van der Waals surface area (Å²) in [6.07, 6.45) is 4.28. The van der Waals surface area contributed by atoms with Crippen molar-refractivity contribution in [2.45, 2.75) is 18.9 Å². The van der Waals surface area contributed by atoms with Crippen molar-refractivity contribution in [3.05, 3.63) is 76.0 Å². The van der Waals surface area contributed by atoms with Crippen LogP contribution in [0.15, 0.2) is 59.1 Å². The van der Waals surface area contributed by atoms with Crippen LogP contribution in [0.4, 0.5) is 4.39 Å². The van der Waals surface area contributed by atoms with E-state index in [9.17, 15) is 14.0 Å². The van der Waals surface area contributed by atoms with Crippen LogP contribution in [0.1, 0.15) is 28.8 Å². The maximum Gasteiger partial charge on any atom is 0.251 e. The number of amides is 2. The third kappa shape index (κ3) is 5.26. The topological polar surface area (TPSA) is 49.4 Å². The molecule has 0 atom stereocenters. The van der Waals surface area contributed by atoms with Crippen LogP contribution in [0.2, 0.25) is 0 Å². The molecule has 1 heterocycles. The Balaban J connectivity index is 1.51. The molecule has 1 aliphatic heterocycles. The number of hydrogen-bond acceptors (Lipinski definition) is 2. The fourth-order valence-corrected chi connectivity index (χ4v) is 3.39. The second-order valence-corrected chi connectivity index (χ2v) is 7.35. The van der Waals surface area contributed by atoms with Crippen molar-refractivity contribution in [1.29, 1.82) is 0 Å². The number of rotatable bonds is 4. The first-order chi connectivity index (χ1) is 13.0. The average molecular weight is 431 g/mol. The van der Waals surface area contributed by atoms with Crippen molar-refractivity contribution in [1.82, 2.24) is 10.2 Å². The molecule has 0 bridgehead atoms. The third-order valence-electron chi connectivity index (χ3n) is 4.54. The maximum atomic E-state index is 13.7. The van der Waals surface area contributed by atoms with Crippen LogP contribution in [0, 0.1) is 5.82 Å². The van der Waals surface area contributed by atoms with E-state index in [0.717, 1.165) is 4.47 Å². The van der Waals surface area contributed by atoms with Crippen molar-refractivity contribution in [2.75, 3.05) is 13.1 Å². The smallest absolute Gasteiger partial charge is 0.251 e. The van der Waals surface area contributed by atoms with E-state index in [1.165, 1.54) is 18.2 Å². The number of carbonyl (C=O) groups excluding carboxylic acids is 2. The van der Waals surface area contributed by atoms with Crippen LogP contribution in [0.5, 0.6) is 0 Å². The van der Waals surface area contributed by atoms with Gasteiger partial charge in [-0.1, -0.05) is 34.1 Å². The minimum atomic E-state index is -0.371. The van der Waals surface area contributed by atoms with Gasteiger partial charge in [0.15, 0.2) is 0 Å². The SMILES string of the molecule is O=C(NC1CCN(C(=O)C=Cc2cc(Br)ccc2F)CC1)c1ccccc1. The van der Waals surface area contributed by atoms with Gasteiger partial charge in [-0.25, -0.2) is 4.39 Å². The zero-order chi connectivity index (χ0) is 19.2. The minimum Gasteiger partial charge on any atom is -0.349 e. The summed E-state index contributed by atoms with van der Waals surface area (Å²) in [4.78, 5) is 26.3.